The molecule has 0 bridgehead atoms. The van der Waals surface area contributed by atoms with Crippen molar-refractivity contribution in [3.8, 4) is 5.75 Å². The Morgan fingerprint density at radius 3 is 2.35 bits per heavy atom. The number of nitrogens with one attached hydrogen (secondary N) is 1. The molecule has 0 saturated heterocycles. The van der Waals surface area contributed by atoms with E-state index in [0.29, 0.717) is 11.0 Å². The van der Waals surface area contributed by atoms with Crippen LogP contribution in [0.25, 0.3) is 11.0 Å². The zero-order valence-corrected chi connectivity index (χ0v) is 18.0. The van der Waals surface area contributed by atoms with Crippen LogP contribution in [0.15, 0.2) is 75.4 Å². The molecule has 2 aromatic carbocycles. The van der Waals surface area contributed by atoms with Crippen LogP contribution in [0.1, 0.15) is 5.56 Å². The minimum Gasteiger partial charge on any atom is -0.497 e. The largest absolute Gasteiger partial charge is 0.497 e. The van der Waals surface area contributed by atoms with Crippen molar-refractivity contribution in [2.45, 2.75) is 16.7 Å². The van der Waals surface area contributed by atoms with Gasteiger partial charge in [0.05, 0.1) is 12.0 Å². The maximum atomic E-state index is 13.0. The lowest BCUT2D eigenvalue weighted by molar-refractivity contribution is 0.415. The number of hydrogen-bond donors (Lipinski definition) is 1. The number of benzene rings is 2. The molecule has 31 heavy (non-hydrogen) atoms. The SMILES string of the molecule is COc1ccc(Nc2ncc3cc(S(=O)(=O)c4ccc(C)cc4)c(=O)n(C)c3n2)cc1. The van der Waals surface area contributed by atoms with Gasteiger partial charge < -0.3 is 10.1 Å². The molecule has 2 heterocycles. The third kappa shape index (κ3) is 3.87. The molecule has 0 fully saturated rings. The van der Waals surface area contributed by atoms with Crippen molar-refractivity contribution in [3.63, 3.8) is 0 Å². The van der Waals surface area contributed by atoms with Gasteiger partial charge in [-0.25, -0.2) is 13.4 Å². The van der Waals surface area contributed by atoms with Gasteiger partial charge in [0.1, 0.15) is 16.3 Å². The highest BCUT2D eigenvalue weighted by Crippen LogP contribution is 2.23. The van der Waals surface area contributed by atoms with Gasteiger partial charge in [-0.05, 0) is 49.4 Å². The van der Waals surface area contributed by atoms with Crippen LogP contribution in [-0.2, 0) is 16.9 Å². The molecule has 0 unspecified atom stereocenters. The summed E-state index contributed by atoms with van der Waals surface area (Å²) in [7, 11) is -0.907. The first-order chi connectivity index (χ1) is 14.8. The Morgan fingerprint density at radius 1 is 1.03 bits per heavy atom. The summed E-state index contributed by atoms with van der Waals surface area (Å²) < 4.78 is 32.4. The van der Waals surface area contributed by atoms with Gasteiger partial charge in [0.25, 0.3) is 5.56 Å². The van der Waals surface area contributed by atoms with Gasteiger partial charge in [0.2, 0.25) is 15.8 Å². The van der Waals surface area contributed by atoms with Crippen molar-refractivity contribution >= 4 is 32.5 Å². The number of pyridine rings is 1. The fourth-order valence-electron chi connectivity index (χ4n) is 3.12. The van der Waals surface area contributed by atoms with Crippen LogP contribution in [0, 0.1) is 6.92 Å². The number of anilines is 2. The van der Waals surface area contributed by atoms with Gasteiger partial charge in [-0.1, -0.05) is 17.7 Å². The molecule has 0 aliphatic carbocycles. The van der Waals surface area contributed by atoms with Gasteiger partial charge in [-0.3, -0.25) is 9.36 Å². The van der Waals surface area contributed by atoms with Crippen molar-refractivity contribution in [1.29, 1.82) is 0 Å². The lowest BCUT2D eigenvalue weighted by Crippen LogP contribution is -2.25. The van der Waals surface area contributed by atoms with Crippen LogP contribution in [-0.4, -0.2) is 30.1 Å². The predicted octanol–water partition coefficient (Wildman–Crippen LogP) is 3.22. The predicted molar refractivity (Wildman–Crippen MR) is 118 cm³/mol. The van der Waals surface area contributed by atoms with Gasteiger partial charge in [-0.15, -0.1) is 0 Å². The minimum absolute atomic E-state index is 0.0632. The van der Waals surface area contributed by atoms with Gasteiger partial charge >= 0.3 is 0 Å². The first-order valence-electron chi connectivity index (χ1n) is 9.39. The third-order valence-corrected chi connectivity index (χ3v) is 6.65. The highest BCUT2D eigenvalue weighted by molar-refractivity contribution is 7.91. The molecule has 4 rings (SSSR count). The van der Waals surface area contributed by atoms with Gasteiger partial charge in [0.15, 0.2) is 0 Å². The molecule has 0 aliphatic heterocycles. The van der Waals surface area contributed by atoms with Crippen molar-refractivity contribution in [2.75, 3.05) is 12.4 Å². The second-order valence-electron chi connectivity index (χ2n) is 7.02. The second-order valence-corrected chi connectivity index (χ2v) is 8.93. The summed E-state index contributed by atoms with van der Waals surface area (Å²) in [6.45, 7) is 1.86. The Kier molecular flexibility index (Phi) is 5.20. The number of ether oxygens (including phenoxy) is 1. The number of aryl methyl sites for hydroxylation is 2. The van der Waals surface area contributed by atoms with E-state index < -0.39 is 15.4 Å². The molecule has 0 saturated carbocycles. The van der Waals surface area contributed by atoms with Crippen molar-refractivity contribution in [1.82, 2.24) is 14.5 Å². The standard InChI is InChI=1S/C22H20N4O4S/c1-14-4-10-18(11-5-14)31(28,29)19-12-15-13-23-22(25-20(15)26(2)21(19)27)24-16-6-8-17(30-3)9-7-16/h4-13H,1-3H3,(H,23,24,25). The number of methoxy groups -OCH3 is 1. The van der Waals surface area contributed by atoms with Crippen LogP contribution in [0.3, 0.4) is 0 Å². The van der Waals surface area contributed by atoms with E-state index in [0.717, 1.165) is 17.0 Å². The topological polar surface area (TPSA) is 103 Å². The smallest absolute Gasteiger partial charge is 0.271 e. The molecule has 8 nitrogen and oxygen atoms in total. The molecule has 2 aromatic heterocycles. The second kappa shape index (κ2) is 7.84. The van der Waals surface area contributed by atoms with Crippen LogP contribution >= 0.6 is 0 Å². The lowest BCUT2D eigenvalue weighted by Gasteiger charge is -2.11. The maximum Gasteiger partial charge on any atom is 0.271 e. The van der Waals surface area contributed by atoms with E-state index in [1.165, 1.54) is 36.0 Å². The minimum atomic E-state index is -3.98. The first-order valence-corrected chi connectivity index (χ1v) is 10.9. The van der Waals surface area contributed by atoms with E-state index in [4.69, 9.17) is 4.74 Å². The van der Waals surface area contributed by atoms with E-state index in [2.05, 4.69) is 15.3 Å². The number of fused-ring (bicyclic) bond motifs is 1. The Balaban J connectivity index is 1.76. The van der Waals surface area contributed by atoms with E-state index in [1.54, 1.807) is 31.4 Å². The molecular formula is C22H20N4O4S. The molecule has 0 spiro atoms. The Labute approximate surface area is 179 Å². The summed E-state index contributed by atoms with van der Waals surface area (Å²) in [5, 5.41) is 3.50. The van der Waals surface area contributed by atoms with Crippen molar-refractivity contribution < 1.29 is 13.2 Å². The van der Waals surface area contributed by atoms with Crippen molar-refractivity contribution in [2.24, 2.45) is 7.05 Å². The zero-order valence-electron chi connectivity index (χ0n) is 17.2. The van der Waals surface area contributed by atoms with Crippen LogP contribution in [0.4, 0.5) is 11.6 Å². The zero-order chi connectivity index (χ0) is 22.2. The van der Waals surface area contributed by atoms with E-state index in [-0.39, 0.29) is 15.7 Å². The number of rotatable bonds is 5. The molecular weight excluding hydrogens is 416 g/mol. The molecule has 0 radical (unpaired) electrons. The normalized spacial score (nSPS) is 11.5. The Morgan fingerprint density at radius 2 is 1.71 bits per heavy atom. The van der Waals surface area contributed by atoms with E-state index >= 15 is 0 Å². The van der Waals surface area contributed by atoms with Gasteiger partial charge in [-0.2, -0.15) is 4.98 Å². The van der Waals surface area contributed by atoms with E-state index in [1.807, 2.05) is 19.1 Å². The Bertz CT molecular complexity index is 1430. The van der Waals surface area contributed by atoms with E-state index in [9.17, 15) is 13.2 Å². The molecule has 158 valence electrons. The van der Waals surface area contributed by atoms with Crippen LogP contribution in [0.2, 0.25) is 0 Å². The number of aromatic nitrogens is 3. The summed E-state index contributed by atoms with van der Waals surface area (Å²) >= 11 is 0. The summed E-state index contributed by atoms with van der Waals surface area (Å²) in [5.41, 5.74) is 1.33. The third-order valence-electron chi connectivity index (χ3n) is 4.88. The molecule has 9 heteroatoms. The quantitative estimate of drug-likeness (QED) is 0.512. The van der Waals surface area contributed by atoms with Crippen molar-refractivity contribution in [3.05, 3.63) is 76.7 Å². The average Bonchev–Trinajstić information content (AvgIpc) is 2.77. The highest BCUT2D eigenvalue weighted by atomic mass is 32.2. The monoisotopic (exact) mass is 436 g/mol. The fourth-order valence-corrected chi connectivity index (χ4v) is 4.51. The molecule has 4 aromatic rings. The molecule has 0 aliphatic rings. The number of nitrogens with zero attached hydrogens (tertiary/aromatic N) is 3. The maximum absolute atomic E-state index is 13.0. The van der Waals surface area contributed by atoms with Crippen LogP contribution < -0.4 is 15.6 Å². The van der Waals surface area contributed by atoms with Gasteiger partial charge in [0, 0.05) is 24.3 Å². The summed E-state index contributed by atoms with van der Waals surface area (Å²) in [5.74, 6) is 0.997. The highest BCUT2D eigenvalue weighted by Gasteiger charge is 2.23. The Hall–Kier alpha value is -3.72. The summed E-state index contributed by atoms with van der Waals surface area (Å²) in [6, 6.07) is 14.9. The average molecular weight is 436 g/mol. The molecule has 1 N–H and O–H groups in total. The molecule has 0 atom stereocenters. The lowest BCUT2D eigenvalue weighted by atomic mass is 10.2. The first kappa shape index (κ1) is 20.5. The summed E-state index contributed by atoms with van der Waals surface area (Å²) in [4.78, 5) is 21.3. The van der Waals surface area contributed by atoms with Crippen LogP contribution in [0.5, 0.6) is 5.75 Å². The molecule has 0 amide bonds. The fraction of sp³-hybridized carbons (Fsp3) is 0.136. The number of sulfone groups is 1. The number of hydrogen-bond acceptors (Lipinski definition) is 7. The summed E-state index contributed by atoms with van der Waals surface area (Å²) in [6.07, 6.45) is 1.49.